The molecule has 0 spiro atoms. The maximum absolute atomic E-state index is 13.1. The second kappa shape index (κ2) is 9.39. The van der Waals surface area contributed by atoms with Crippen molar-refractivity contribution in [2.45, 2.75) is 33.7 Å². The van der Waals surface area contributed by atoms with Crippen LogP contribution in [0.1, 0.15) is 42.3 Å². The molecule has 7 heteroatoms. The molecule has 0 aliphatic carbocycles. The van der Waals surface area contributed by atoms with E-state index < -0.39 is 17.7 Å². The van der Waals surface area contributed by atoms with E-state index in [0.717, 1.165) is 24.2 Å². The summed E-state index contributed by atoms with van der Waals surface area (Å²) in [5.74, 6) is -0.717. The molecule has 1 fully saturated rings. The molecule has 1 atom stereocenters. The Hall–Kier alpha value is -3.06. The van der Waals surface area contributed by atoms with E-state index in [9.17, 15) is 14.7 Å². The summed E-state index contributed by atoms with van der Waals surface area (Å²) in [7, 11) is 1.52. The molecule has 2 heterocycles. The van der Waals surface area contributed by atoms with Gasteiger partial charge in [0.2, 0.25) is 0 Å². The number of amides is 1. The number of likely N-dealkylation sites (tertiary alicyclic amines) is 1. The quantitative estimate of drug-likeness (QED) is 0.394. The molecular weight excluding hydrogens is 396 g/mol. The van der Waals surface area contributed by atoms with Gasteiger partial charge in [0.05, 0.1) is 24.5 Å². The Balaban J connectivity index is 2.14. The highest BCUT2D eigenvalue weighted by Crippen LogP contribution is 2.41. The number of ketones is 1. The lowest BCUT2D eigenvalue weighted by atomic mass is 9.96. The van der Waals surface area contributed by atoms with Crippen molar-refractivity contribution >= 4 is 17.4 Å². The molecule has 0 bridgehead atoms. The Kier molecular flexibility index (Phi) is 6.85. The molecule has 2 aromatic rings. The number of aryl methyl sites for hydroxylation is 2. The number of furan rings is 1. The average Bonchev–Trinajstić information content (AvgIpc) is 3.35. The van der Waals surface area contributed by atoms with E-state index >= 15 is 0 Å². The van der Waals surface area contributed by atoms with Gasteiger partial charge in [-0.25, -0.2) is 0 Å². The number of ether oxygens (including phenoxy) is 1. The lowest BCUT2D eigenvalue weighted by Crippen LogP contribution is -2.37. The van der Waals surface area contributed by atoms with Gasteiger partial charge in [-0.1, -0.05) is 19.9 Å². The summed E-state index contributed by atoms with van der Waals surface area (Å²) in [5.41, 5.74) is 2.14. The minimum absolute atomic E-state index is 0.0165. The minimum Gasteiger partial charge on any atom is -0.507 e. The molecule has 3 rings (SSSR count). The average molecular weight is 427 g/mol. The highest BCUT2D eigenvalue weighted by molar-refractivity contribution is 6.46. The van der Waals surface area contributed by atoms with Gasteiger partial charge in [0, 0.05) is 13.1 Å². The molecule has 0 saturated carbocycles. The smallest absolute Gasteiger partial charge is 0.295 e. The molecule has 1 amide bonds. The van der Waals surface area contributed by atoms with Crippen LogP contribution >= 0.6 is 0 Å². The second-order valence-electron chi connectivity index (χ2n) is 7.70. The van der Waals surface area contributed by atoms with E-state index in [1.165, 1.54) is 18.3 Å². The highest BCUT2D eigenvalue weighted by Gasteiger charge is 2.47. The Morgan fingerprint density at radius 3 is 2.52 bits per heavy atom. The standard InChI is InChI=1S/C24H30N2O5/c1-6-25(7-2)10-11-26-20(18-9-8-12-31-18)19(22(28)24(26)29)21(27)17-14-15(3)13-16(4)23(17)30-5/h8-9,12-14,20,27H,6-7,10-11H2,1-5H3/b21-19-. The Morgan fingerprint density at radius 1 is 1.23 bits per heavy atom. The predicted octanol–water partition coefficient (Wildman–Crippen LogP) is 3.67. The van der Waals surface area contributed by atoms with Crippen LogP contribution in [0.5, 0.6) is 5.75 Å². The number of hydrogen-bond donors (Lipinski definition) is 1. The van der Waals surface area contributed by atoms with Crippen molar-refractivity contribution in [2.24, 2.45) is 0 Å². The van der Waals surface area contributed by atoms with E-state index in [0.29, 0.717) is 30.2 Å². The largest absolute Gasteiger partial charge is 0.507 e. The van der Waals surface area contributed by atoms with Crippen molar-refractivity contribution in [1.82, 2.24) is 9.80 Å². The number of Topliss-reactive ketones (excluding diaryl/α,β-unsaturated/α-hetero) is 1. The number of benzene rings is 1. The fourth-order valence-corrected chi connectivity index (χ4v) is 4.19. The second-order valence-corrected chi connectivity index (χ2v) is 7.70. The third kappa shape index (κ3) is 4.23. The Bertz CT molecular complexity index is 990. The minimum atomic E-state index is -0.795. The van der Waals surface area contributed by atoms with E-state index in [-0.39, 0.29) is 11.3 Å². The zero-order valence-electron chi connectivity index (χ0n) is 18.8. The van der Waals surface area contributed by atoms with Crippen molar-refractivity contribution in [3.05, 3.63) is 58.6 Å². The number of aliphatic hydroxyl groups excluding tert-OH is 1. The van der Waals surface area contributed by atoms with Crippen molar-refractivity contribution in [2.75, 3.05) is 33.3 Å². The van der Waals surface area contributed by atoms with Crippen LogP contribution in [0.2, 0.25) is 0 Å². The Morgan fingerprint density at radius 2 is 1.94 bits per heavy atom. The van der Waals surface area contributed by atoms with Crippen LogP contribution in [0.4, 0.5) is 0 Å². The van der Waals surface area contributed by atoms with Crippen LogP contribution in [-0.2, 0) is 9.59 Å². The molecule has 1 N–H and O–H groups in total. The molecule has 1 aromatic heterocycles. The number of hydrogen-bond acceptors (Lipinski definition) is 6. The zero-order valence-corrected chi connectivity index (χ0v) is 18.8. The van der Waals surface area contributed by atoms with Crippen LogP contribution in [0, 0.1) is 13.8 Å². The van der Waals surface area contributed by atoms with E-state index in [4.69, 9.17) is 9.15 Å². The predicted molar refractivity (Wildman–Crippen MR) is 118 cm³/mol. The van der Waals surface area contributed by atoms with Crippen LogP contribution < -0.4 is 4.74 Å². The van der Waals surface area contributed by atoms with Crippen molar-refractivity contribution in [1.29, 1.82) is 0 Å². The SMILES string of the molecule is CCN(CC)CCN1C(=O)C(=O)/C(=C(\O)c2cc(C)cc(C)c2OC)C1c1ccco1. The van der Waals surface area contributed by atoms with Gasteiger partial charge in [0.15, 0.2) is 0 Å². The summed E-state index contributed by atoms with van der Waals surface area (Å²) in [6, 6.07) is 6.31. The normalized spacial score (nSPS) is 18.3. The molecule has 0 radical (unpaired) electrons. The summed E-state index contributed by atoms with van der Waals surface area (Å²) in [4.78, 5) is 29.7. The van der Waals surface area contributed by atoms with Crippen molar-refractivity contribution in [3.63, 3.8) is 0 Å². The van der Waals surface area contributed by atoms with Gasteiger partial charge < -0.3 is 24.1 Å². The van der Waals surface area contributed by atoms with Gasteiger partial charge in [-0.2, -0.15) is 0 Å². The molecule has 7 nitrogen and oxygen atoms in total. The number of aliphatic hydroxyl groups is 1. The fourth-order valence-electron chi connectivity index (χ4n) is 4.19. The molecular formula is C24H30N2O5. The van der Waals surface area contributed by atoms with Crippen molar-refractivity contribution < 1.29 is 23.8 Å². The molecule has 1 saturated heterocycles. The van der Waals surface area contributed by atoms with Gasteiger partial charge >= 0.3 is 0 Å². The van der Waals surface area contributed by atoms with Gasteiger partial charge in [-0.05, 0) is 56.3 Å². The van der Waals surface area contributed by atoms with Crippen LogP contribution in [-0.4, -0.2) is 59.9 Å². The number of methoxy groups -OCH3 is 1. The summed E-state index contributed by atoms with van der Waals surface area (Å²) in [6.07, 6.45) is 1.50. The van der Waals surface area contributed by atoms with Gasteiger partial charge in [0.1, 0.15) is 23.3 Å². The topological polar surface area (TPSA) is 83.2 Å². The number of carbonyl (C=O) groups excluding carboxylic acids is 2. The van der Waals surface area contributed by atoms with Crippen LogP contribution in [0.15, 0.2) is 40.5 Å². The monoisotopic (exact) mass is 426 g/mol. The van der Waals surface area contributed by atoms with E-state index in [1.54, 1.807) is 18.2 Å². The van der Waals surface area contributed by atoms with Gasteiger partial charge in [-0.15, -0.1) is 0 Å². The lowest BCUT2D eigenvalue weighted by molar-refractivity contribution is -0.140. The maximum atomic E-state index is 13.1. The van der Waals surface area contributed by atoms with E-state index in [2.05, 4.69) is 4.90 Å². The summed E-state index contributed by atoms with van der Waals surface area (Å²) in [6.45, 7) is 10.5. The molecule has 31 heavy (non-hydrogen) atoms. The molecule has 1 aliphatic heterocycles. The maximum Gasteiger partial charge on any atom is 0.295 e. The van der Waals surface area contributed by atoms with Crippen LogP contribution in [0.3, 0.4) is 0 Å². The van der Waals surface area contributed by atoms with Gasteiger partial charge in [-0.3, -0.25) is 9.59 Å². The number of likely N-dealkylation sites (N-methyl/N-ethyl adjacent to an activating group) is 1. The lowest BCUT2D eigenvalue weighted by Gasteiger charge is -2.26. The summed E-state index contributed by atoms with van der Waals surface area (Å²) in [5, 5.41) is 11.3. The van der Waals surface area contributed by atoms with E-state index in [1.807, 2.05) is 33.8 Å². The first-order chi connectivity index (χ1) is 14.8. The van der Waals surface area contributed by atoms with Crippen molar-refractivity contribution in [3.8, 4) is 5.75 Å². The molecule has 1 aliphatic rings. The number of carbonyl (C=O) groups is 2. The third-order valence-corrected chi connectivity index (χ3v) is 5.78. The summed E-state index contributed by atoms with van der Waals surface area (Å²) < 4.78 is 11.1. The molecule has 1 unspecified atom stereocenters. The molecule has 1 aromatic carbocycles. The first-order valence-corrected chi connectivity index (χ1v) is 10.5. The zero-order chi connectivity index (χ0) is 22.7. The highest BCUT2D eigenvalue weighted by atomic mass is 16.5. The number of nitrogens with zero attached hydrogens (tertiary/aromatic N) is 2. The third-order valence-electron chi connectivity index (χ3n) is 5.78. The fraction of sp³-hybridized carbons (Fsp3) is 0.417. The number of rotatable bonds is 8. The Labute approximate surface area is 182 Å². The summed E-state index contributed by atoms with van der Waals surface area (Å²) >= 11 is 0. The first kappa shape index (κ1) is 22.6. The molecule has 166 valence electrons. The van der Waals surface area contributed by atoms with Gasteiger partial charge in [0.25, 0.3) is 11.7 Å². The first-order valence-electron chi connectivity index (χ1n) is 10.5. The van der Waals surface area contributed by atoms with Crippen LogP contribution in [0.25, 0.3) is 5.76 Å².